The van der Waals surface area contributed by atoms with Crippen LogP contribution < -0.4 is 34.4 Å². The molecule has 536 valence electrons. The summed E-state index contributed by atoms with van der Waals surface area (Å²) in [6.07, 6.45) is 3.88. The second-order valence-electron chi connectivity index (χ2n) is 23.4. The molecule has 3 amide bonds. The minimum absolute atomic E-state index is 0.0321. The lowest BCUT2D eigenvalue weighted by Crippen LogP contribution is -2.36. The molecule has 0 spiro atoms. The number of thiazole rings is 2. The Morgan fingerprint density at radius 3 is 1.88 bits per heavy atom. The molecule has 2 saturated heterocycles. The molecule has 12 rings (SSSR count). The molecule has 32 nitrogen and oxygen atoms in total. The Morgan fingerprint density at radius 2 is 1.29 bits per heavy atom. The van der Waals surface area contributed by atoms with E-state index in [4.69, 9.17) is 64.0 Å². The highest BCUT2D eigenvalue weighted by Crippen LogP contribution is 2.46. The van der Waals surface area contributed by atoms with Crippen molar-refractivity contribution in [1.82, 2.24) is 19.8 Å². The number of nitriles is 2. The van der Waals surface area contributed by atoms with E-state index in [1.807, 2.05) is 60.6 Å². The largest absolute Gasteiger partial charge is 0.494 e. The number of carbonyl (C=O) groups excluding carboxylic acids is 3. The number of hydrogen-bond donors (Lipinski definition) is 3. The highest BCUT2D eigenvalue weighted by molar-refractivity contribution is 8.14. The summed E-state index contributed by atoms with van der Waals surface area (Å²) in [7, 11) is -6.28. The van der Waals surface area contributed by atoms with E-state index in [0.717, 1.165) is 52.0 Å². The maximum atomic E-state index is 13.9. The number of methoxy groups -OCH3 is 2. The van der Waals surface area contributed by atoms with E-state index in [0.29, 0.717) is 169 Å². The third-order valence-corrected chi connectivity index (χ3v) is 21.8. The number of guanidine groups is 1. The number of nitrogens with one attached hydrogen (secondary N) is 1. The first-order valence-electron chi connectivity index (χ1n) is 32.5. The minimum atomic E-state index is -4.75. The van der Waals surface area contributed by atoms with Gasteiger partial charge in [-0.3, -0.25) is 28.4 Å². The zero-order valence-electron chi connectivity index (χ0n) is 56.5. The zero-order valence-corrected chi connectivity index (χ0v) is 60.5. The first-order chi connectivity index (χ1) is 49.6. The Morgan fingerprint density at radius 1 is 0.699 bits per heavy atom. The zero-order chi connectivity index (χ0) is 72.9. The van der Waals surface area contributed by atoms with Crippen molar-refractivity contribution in [3.05, 3.63) is 104 Å². The molecule has 6 aliphatic rings. The summed E-state index contributed by atoms with van der Waals surface area (Å²) in [5.41, 5.74) is 2.21. The first kappa shape index (κ1) is 72.8. The summed E-state index contributed by atoms with van der Waals surface area (Å²) in [5.74, 6) is 0.0132. The fraction of sp³-hybridized carbons (Fsp3) is 0.364. The molecule has 0 saturated carbocycles. The van der Waals surface area contributed by atoms with Crippen LogP contribution in [0.25, 0.3) is 12.2 Å². The van der Waals surface area contributed by atoms with Gasteiger partial charge in [0.25, 0.3) is 38.0 Å². The molecular weight excluding hydrogens is 1430 g/mol. The molecule has 2 fully saturated rings. The van der Waals surface area contributed by atoms with Crippen molar-refractivity contribution in [3.8, 4) is 23.6 Å². The topological polar surface area (TPSA) is 397 Å². The fourth-order valence-corrected chi connectivity index (χ4v) is 15.6. The molecule has 1 atom stereocenters. The molecule has 4 aromatic carbocycles. The van der Waals surface area contributed by atoms with Gasteiger partial charge in [0.05, 0.1) is 112 Å². The maximum absolute atomic E-state index is 13.9. The average molecular weight is 1500 g/mol. The lowest BCUT2D eigenvalue weighted by Gasteiger charge is -2.27. The van der Waals surface area contributed by atoms with Crippen molar-refractivity contribution in [2.24, 2.45) is 41.4 Å². The molecule has 2 aromatic heterocycles. The van der Waals surface area contributed by atoms with Gasteiger partial charge < -0.3 is 48.6 Å². The number of fused-ring (bicyclic) bond motifs is 7. The molecule has 0 radical (unpaired) electrons. The number of hydrogen-bond acceptors (Lipinski definition) is 31. The Labute approximate surface area is 604 Å². The molecule has 1 unspecified atom stereocenters. The van der Waals surface area contributed by atoms with Gasteiger partial charge in [0.1, 0.15) is 70.6 Å². The first-order valence-corrected chi connectivity index (χ1v) is 38.0. The number of ether oxygens (including phenoxy) is 5. The van der Waals surface area contributed by atoms with Crippen LogP contribution in [0, 0.1) is 28.6 Å². The molecule has 37 heteroatoms. The Kier molecular flexibility index (Phi) is 22.2. The molecule has 6 aromatic rings. The van der Waals surface area contributed by atoms with Crippen molar-refractivity contribution in [3.63, 3.8) is 0 Å². The summed E-state index contributed by atoms with van der Waals surface area (Å²) in [4.78, 5) is 76.8. The van der Waals surface area contributed by atoms with Crippen LogP contribution in [0.3, 0.4) is 0 Å². The quantitative estimate of drug-likeness (QED) is 0.0276. The van der Waals surface area contributed by atoms with Gasteiger partial charge in [-0.05, 0) is 87.4 Å². The third kappa shape index (κ3) is 15.7. The molecule has 103 heavy (non-hydrogen) atoms. The Hall–Kier alpha value is -9.93. The number of amides is 3. The number of amidine groups is 1. The number of aromatic nitrogens is 2. The summed E-state index contributed by atoms with van der Waals surface area (Å²) in [5, 5.41) is 44.8. The Balaban J connectivity index is 0.937. The minimum Gasteiger partial charge on any atom is -0.494 e. The number of thioether (sulfide) groups is 1. The standard InChI is InChI=1S/C66H68N18O14S5/c1-7-38-25-57-71-64(70-48-31-51(79(8-2)9-3)53(94-5)33-50(48)76-78-66-74-60(82-17-21-97-22-18-82)56(101-66)27-41(35-68)84-62(86)44-14-13-43(103(91,92)93)29-46(44)63(84)87)72-58(38)69-47-30-52(80(10-4)37-98-23-24-99-57)54(95-6)32-49(47)75-77-65-73-59(81-15-19-96-20-16-81)55(100-65)26-40(34-67)83-36-39-11-12-42(102(88,89)90)28-45(39)61(83)85/h11-14,26-33,38H,7-10,15-25,36-37H2,1-6H3,(H,69,70,72)(H,88,89,90)(H,91,92,93)/b40-26+,41-27+,77-75?,78-76?. The summed E-state index contributed by atoms with van der Waals surface area (Å²) < 4.78 is 97.4. The van der Waals surface area contributed by atoms with Crippen molar-refractivity contribution in [2.75, 3.05) is 130 Å². The van der Waals surface area contributed by atoms with Crippen LogP contribution in [0.15, 0.2) is 117 Å². The van der Waals surface area contributed by atoms with E-state index in [1.54, 1.807) is 26.4 Å². The van der Waals surface area contributed by atoms with Crippen LogP contribution in [-0.2, 0) is 41.0 Å². The molecule has 8 heterocycles. The van der Waals surface area contributed by atoms with Gasteiger partial charge in [0, 0.05) is 81.6 Å². The van der Waals surface area contributed by atoms with E-state index in [9.17, 15) is 50.8 Å². The van der Waals surface area contributed by atoms with Crippen LogP contribution in [-0.4, -0.2) is 186 Å². The van der Waals surface area contributed by atoms with Crippen LogP contribution >= 0.6 is 34.4 Å². The normalized spacial score (nSPS) is 17.8. The monoisotopic (exact) mass is 1500 g/mol. The predicted molar refractivity (Wildman–Crippen MR) is 389 cm³/mol. The highest BCUT2D eigenvalue weighted by atomic mass is 32.2. The summed E-state index contributed by atoms with van der Waals surface area (Å²) >= 11 is 3.66. The van der Waals surface area contributed by atoms with Gasteiger partial charge in [0.15, 0.2) is 0 Å². The van der Waals surface area contributed by atoms with Gasteiger partial charge in [0.2, 0.25) is 16.2 Å². The number of allylic oxidation sites excluding steroid dienone is 2. The average Bonchev–Trinajstić information content (AvgIpc) is 1.53. The Bertz CT molecular complexity index is 4930. The fourth-order valence-electron chi connectivity index (χ4n) is 12.0. The maximum Gasteiger partial charge on any atom is 0.294 e. The number of rotatable bonds is 20. The highest BCUT2D eigenvalue weighted by Gasteiger charge is 2.40. The van der Waals surface area contributed by atoms with Gasteiger partial charge in [-0.15, -0.1) is 32.2 Å². The van der Waals surface area contributed by atoms with Crippen molar-refractivity contribution >= 4 is 157 Å². The number of nitrogens with zero attached hydrogens (tertiary/aromatic N) is 17. The lowest BCUT2D eigenvalue weighted by atomic mass is 10.0. The summed E-state index contributed by atoms with van der Waals surface area (Å²) in [6, 6.07) is 17.9. The van der Waals surface area contributed by atoms with Crippen molar-refractivity contribution < 1.29 is 64.0 Å². The van der Waals surface area contributed by atoms with Crippen molar-refractivity contribution in [2.45, 2.75) is 56.9 Å². The van der Waals surface area contributed by atoms with Gasteiger partial charge in [-0.25, -0.2) is 14.9 Å². The molecule has 6 aliphatic heterocycles. The second-order valence-corrected chi connectivity index (χ2v) is 29.4. The predicted octanol–water partition coefficient (Wildman–Crippen LogP) is 11.0. The van der Waals surface area contributed by atoms with E-state index < -0.39 is 53.4 Å². The SMILES string of the molecule is CCC1CC2=NC(Nc3cc(N(CC)CC)c(OC)cc3N=Nc3nc(N4CCOCC4)c(/C=C(\C#N)N4C(=O)c5ccc(S(=O)(=O)O)cc5C4=O)s3)=NC1=Nc1cc(c(OC)cc1N=Nc1nc(N3CCOCC3)c(/C=C(\C#N)N3Cc4ccc(S(=O)(=O)O)cc4C3=O)s1)N(CC)COCCS2. The van der Waals surface area contributed by atoms with Gasteiger partial charge in [-0.1, -0.05) is 35.7 Å². The van der Waals surface area contributed by atoms with Gasteiger partial charge >= 0.3 is 0 Å². The lowest BCUT2D eigenvalue weighted by molar-refractivity contribution is 0.0710. The summed E-state index contributed by atoms with van der Waals surface area (Å²) in [6.45, 7) is 13.4. The molecular formula is C66H68N18O14S5. The third-order valence-electron chi connectivity index (χ3n) is 17.3. The number of carbonyl (C=O) groups is 3. The molecule has 4 bridgehead atoms. The van der Waals surface area contributed by atoms with Crippen LogP contribution in [0.1, 0.15) is 86.9 Å². The smallest absolute Gasteiger partial charge is 0.294 e. The molecule has 3 N–H and O–H groups in total. The number of benzene rings is 4. The molecule has 0 aliphatic carbocycles. The number of anilines is 5. The number of aliphatic imine (C=N–C) groups is 3. The van der Waals surface area contributed by atoms with E-state index in [1.165, 1.54) is 40.9 Å². The van der Waals surface area contributed by atoms with Crippen molar-refractivity contribution in [1.29, 1.82) is 10.5 Å². The number of imide groups is 1. The number of azo groups is 2. The number of morpholine rings is 2. The van der Waals surface area contributed by atoms with Crippen LogP contribution in [0.2, 0.25) is 0 Å². The van der Waals surface area contributed by atoms with Gasteiger partial charge in [-0.2, -0.15) is 42.3 Å². The van der Waals surface area contributed by atoms with Crippen LogP contribution in [0.4, 0.5) is 56.0 Å². The van der Waals surface area contributed by atoms with E-state index in [2.05, 4.69) is 21.4 Å². The second kappa shape index (κ2) is 31.3. The van der Waals surface area contributed by atoms with Crippen LogP contribution in [0.5, 0.6) is 11.5 Å². The van der Waals surface area contributed by atoms with E-state index >= 15 is 0 Å². The van der Waals surface area contributed by atoms with E-state index in [-0.39, 0.29) is 69.2 Å².